The number of para-hydroxylation sites is 2. The second-order valence-electron chi connectivity index (χ2n) is 6.11. The lowest BCUT2D eigenvalue weighted by molar-refractivity contribution is -0.123. The van der Waals surface area contributed by atoms with Crippen LogP contribution < -0.4 is 10.1 Å². The molecule has 5 nitrogen and oxygen atoms in total. The van der Waals surface area contributed by atoms with Crippen LogP contribution in [-0.4, -0.2) is 28.6 Å². The molecule has 1 amide bonds. The van der Waals surface area contributed by atoms with Crippen molar-refractivity contribution in [1.29, 1.82) is 0 Å². The van der Waals surface area contributed by atoms with E-state index < -0.39 is 0 Å². The molecule has 0 spiro atoms. The molecule has 0 unspecified atom stereocenters. The van der Waals surface area contributed by atoms with Gasteiger partial charge in [-0.25, -0.2) is 4.98 Å². The van der Waals surface area contributed by atoms with Crippen LogP contribution >= 0.6 is 11.6 Å². The summed E-state index contributed by atoms with van der Waals surface area (Å²) in [5.74, 6) is 1.47. The summed E-state index contributed by atoms with van der Waals surface area (Å²) in [5, 5.41) is 3.51. The predicted molar refractivity (Wildman–Crippen MR) is 108 cm³/mol. The molecule has 0 aliphatic carbocycles. The second kappa shape index (κ2) is 9.24. The van der Waals surface area contributed by atoms with Gasteiger partial charge in [0, 0.05) is 24.5 Å². The van der Waals surface area contributed by atoms with E-state index in [0.717, 1.165) is 36.2 Å². The van der Waals surface area contributed by atoms with Crippen molar-refractivity contribution in [3.63, 3.8) is 0 Å². The quantitative estimate of drug-likeness (QED) is 0.448. The van der Waals surface area contributed by atoms with Gasteiger partial charge in [0.2, 0.25) is 0 Å². The molecule has 0 saturated heterocycles. The zero-order valence-corrected chi connectivity index (χ0v) is 15.8. The number of benzene rings is 2. The van der Waals surface area contributed by atoms with Crippen LogP contribution in [0, 0.1) is 0 Å². The van der Waals surface area contributed by atoms with Crippen molar-refractivity contribution in [3.05, 3.63) is 72.0 Å². The molecule has 6 heteroatoms. The topological polar surface area (TPSA) is 56.2 Å². The number of amides is 1. The zero-order chi connectivity index (χ0) is 19.1. The summed E-state index contributed by atoms with van der Waals surface area (Å²) in [6.07, 6.45) is 3.45. The van der Waals surface area contributed by atoms with Gasteiger partial charge in [-0.3, -0.25) is 4.79 Å². The molecule has 1 heterocycles. The summed E-state index contributed by atoms with van der Waals surface area (Å²) >= 11 is 5.82. The monoisotopic (exact) mass is 383 g/mol. The first-order chi connectivity index (χ1) is 13.2. The highest BCUT2D eigenvalue weighted by Gasteiger charge is 2.09. The summed E-state index contributed by atoms with van der Waals surface area (Å²) in [5.41, 5.74) is 2.09. The van der Waals surface area contributed by atoms with E-state index >= 15 is 0 Å². The van der Waals surface area contributed by atoms with Gasteiger partial charge < -0.3 is 14.6 Å². The van der Waals surface area contributed by atoms with E-state index in [0.29, 0.717) is 17.3 Å². The minimum Gasteiger partial charge on any atom is -0.484 e. The summed E-state index contributed by atoms with van der Waals surface area (Å²) in [6.45, 7) is 5.10. The number of allylic oxidation sites excluding steroid dienone is 1. The van der Waals surface area contributed by atoms with E-state index in [4.69, 9.17) is 21.3 Å². The molecular weight excluding hydrogens is 362 g/mol. The number of rotatable bonds is 9. The maximum atomic E-state index is 11.9. The second-order valence-corrected chi connectivity index (χ2v) is 6.55. The highest BCUT2D eigenvalue weighted by molar-refractivity contribution is 6.30. The van der Waals surface area contributed by atoms with Gasteiger partial charge in [-0.1, -0.05) is 29.8 Å². The molecule has 1 aromatic heterocycles. The van der Waals surface area contributed by atoms with Crippen LogP contribution in [-0.2, 0) is 17.8 Å². The largest absolute Gasteiger partial charge is 0.484 e. The lowest BCUT2D eigenvalue weighted by Crippen LogP contribution is -2.30. The van der Waals surface area contributed by atoms with Crippen LogP contribution in [0.4, 0.5) is 0 Å². The molecule has 0 atom stereocenters. The molecular formula is C21H22ClN3O2. The zero-order valence-electron chi connectivity index (χ0n) is 15.0. The first-order valence-electron chi connectivity index (χ1n) is 8.87. The van der Waals surface area contributed by atoms with Crippen molar-refractivity contribution in [2.45, 2.75) is 19.4 Å². The Morgan fingerprint density at radius 2 is 2.00 bits per heavy atom. The Labute approximate surface area is 163 Å². The number of nitrogens with one attached hydrogen (secondary N) is 1. The molecule has 0 fully saturated rings. The number of carbonyl (C=O) groups is 1. The van der Waals surface area contributed by atoms with Crippen LogP contribution in [0.1, 0.15) is 12.2 Å². The van der Waals surface area contributed by atoms with Crippen molar-refractivity contribution in [3.8, 4) is 5.75 Å². The molecule has 0 aliphatic heterocycles. The van der Waals surface area contributed by atoms with Crippen molar-refractivity contribution in [2.24, 2.45) is 0 Å². The van der Waals surface area contributed by atoms with E-state index in [-0.39, 0.29) is 12.5 Å². The van der Waals surface area contributed by atoms with Crippen LogP contribution in [0.15, 0.2) is 61.2 Å². The molecule has 27 heavy (non-hydrogen) atoms. The summed E-state index contributed by atoms with van der Waals surface area (Å²) in [7, 11) is 0. The number of aromatic nitrogens is 2. The van der Waals surface area contributed by atoms with Crippen molar-refractivity contribution in [2.75, 3.05) is 13.2 Å². The van der Waals surface area contributed by atoms with E-state index in [1.54, 1.807) is 24.3 Å². The molecule has 3 rings (SSSR count). The van der Waals surface area contributed by atoms with E-state index in [9.17, 15) is 4.79 Å². The van der Waals surface area contributed by atoms with E-state index in [1.165, 1.54) is 0 Å². The SMILES string of the molecule is C=CCn1c(CCCNC(=O)COc2ccc(Cl)cc2)nc2ccccc21. The number of hydrogen-bond donors (Lipinski definition) is 1. The number of imidazole rings is 1. The number of aryl methyl sites for hydroxylation is 1. The Morgan fingerprint density at radius 1 is 1.22 bits per heavy atom. The fourth-order valence-corrected chi connectivity index (χ4v) is 2.98. The van der Waals surface area contributed by atoms with Gasteiger partial charge in [-0.05, 0) is 42.8 Å². The number of carbonyl (C=O) groups excluding carboxylic acids is 1. The van der Waals surface area contributed by atoms with Crippen molar-refractivity contribution in [1.82, 2.24) is 14.9 Å². The minimum absolute atomic E-state index is 0.0173. The standard InChI is InChI=1S/C21H22ClN3O2/c1-2-14-25-19-7-4-3-6-18(19)24-20(25)8-5-13-23-21(26)15-27-17-11-9-16(22)10-12-17/h2-4,6-7,9-12H,1,5,8,13-15H2,(H,23,26). The number of nitrogens with zero attached hydrogens (tertiary/aromatic N) is 2. The van der Waals surface area contributed by atoms with Gasteiger partial charge >= 0.3 is 0 Å². The van der Waals surface area contributed by atoms with Gasteiger partial charge in [0.25, 0.3) is 5.91 Å². The van der Waals surface area contributed by atoms with Gasteiger partial charge in [0.15, 0.2) is 6.61 Å². The average molecular weight is 384 g/mol. The van der Waals surface area contributed by atoms with E-state index in [2.05, 4.69) is 22.5 Å². The Kier molecular flexibility index (Phi) is 6.49. The number of hydrogen-bond acceptors (Lipinski definition) is 3. The predicted octanol–water partition coefficient (Wildman–Crippen LogP) is 4.00. The molecule has 0 bridgehead atoms. The fourth-order valence-electron chi connectivity index (χ4n) is 2.85. The highest BCUT2D eigenvalue weighted by atomic mass is 35.5. The summed E-state index contributed by atoms with van der Waals surface area (Å²) < 4.78 is 7.59. The van der Waals surface area contributed by atoms with Crippen molar-refractivity contribution >= 4 is 28.5 Å². The third kappa shape index (κ3) is 5.11. The minimum atomic E-state index is -0.149. The third-order valence-corrected chi connectivity index (χ3v) is 4.38. The highest BCUT2D eigenvalue weighted by Crippen LogP contribution is 2.17. The van der Waals surface area contributed by atoms with Crippen LogP contribution in [0.25, 0.3) is 11.0 Å². The lowest BCUT2D eigenvalue weighted by atomic mass is 10.3. The van der Waals surface area contributed by atoms with Gasteiger partial charge in [0.1, 0.15) is 11.6 Å². The van der Waals surface area contributed by atoms with Gasteiger partial charge in [-0.2, -0.15) is 0 Å². The van der Waals surface area contributed by atoms with Gasteiger partial charge in [0.05, 0.1) is 11.0 Å². The third-order valence-electron chi connectivity index (χ3n) is 4.13. The fraction of sp³-hybridized carbons (Fsp3) is 0.238. The van der Waals surface area contributed by atoms with Crippen LogP contribution in [0.5, 0.6) is 5.75 Å². The molecule has 2 aromatic carbocycles. The normalized spacial score (nSPS) is 10.7. The molecule has 0 radical (unpaired) electrons. The first kappa shape index (κ1) is 19.0. The number of ether oxygens (including phenoxy) is 1. The Balaban J connectivity index is 1.46. The number of fused-ring (bicyclic) bond motifs is 1. The Bertz CT molecular complexity index is 919. The van der Waals surface area contributed by atoms with Gasteiger partial charge in [-0.15, -0.1) is 6.58 Å². The Hall–Kier alpha value is -2.79. The summed E-state index contributed by atoms with van der Waals surface area (Å²) in [4.78, 5) is 16.6. The smallest absolute Gasteiger partial charge is 0.257 e. The van der Waals surface area contributed by atoms with Crippen molar-refractivity contribution < 1.29 is 9.53 Å². The van der Waals surface area contributed by atoms with E-state index in [1.807, 2.05) is 24.3 Å². The Morgan fingerprint density at radius 3 is 2.78 bits per heavy atom. The molecule has 3 aromatic rings. The first-order valence-corrected chi connectivity index (χ1v) is 9.25. The molecule has 0 saturated carbocycles. The molecule has 1 N–H and O–H groups in total. The maximum Gasteiger partial charge on any atom is 0.257 e. The maximum absolute atomic E-state index is 11.9. The number of halogens is 1. The molecule has 0 aliphatic rings. The molecule has 140 valence electrons. The lowest BCUT2D eigenvalue weighted by Gasteiger charge is -2.08. The van der Waals surface area contributed by atoms with Crippen LogP contribution in [0.3, 0.4) is 0 Å². The van der Waals surface area contributed by atoms with Crippen LogP contribution in [0.2, 0.25) is 5.02 Å². The average Bonchev–Trinajstić information content (AvgIpc) is 3.03. The summed E-state index contributed by atoms with van der Waals surface area (Å²) in [6, 6.07) is 15.0.